The summed E-state index contributed by atoms with van der Waals surface area (Å²) in [5, 5.41) is 18.0. The van der Waals surface area contributed by atoms with Gasteiger partial charge in [0.15, 0.2) is 0 Å². The maximum absolute atomic E-state index is 11.8. The Morgan fingerprint density at radius 2 is 1.86 bits per heavy atom. The van der Waals surface area contributed by atoms with Crippen molar-refractivity contribution in [3.8, 4) is 11.3 Å². The third-order valence-corrected chi connectivity index (χ3v) is 4.52. The topological polar surface area (TPSA) is 110 Å². The lowest BCUT2D eigenvalue weighted by molar-refractivity contribution is -0.384. The Balaban J connectivity index is 1.52. The molecule has 0 aliphatic rings. The number of nitro groups is 1. The van der Waals surface area contributed by atoms with Gasteiger partial charge < -0.3 is 9.73 Å². The molecule has 0 fully saturated rings. The van der Waals surface area contributed by atoms with Crippen LogP contribution in [0.3, 0.4) is 0 Å². The van der Waals surface area contributed by atoms with Crippen molar-refractivity contribution in [3.05, 3.63) is 86.1 Å². The van der Waals surface area contributed by atoms with Crippen LogP contribution in [0.25, 0.3) is 11.3 Å². The van der Waals surface area contributed by atoms with E-state index in [0.29, 0.717) is 27.1 Å². The molecule has 0 saturated carbocycles. The minimum atomic E-state index is -0.505. The Morgan fingerprint density at radius 3 is 2.55 bits per heavy atom. The van der Waals surface area contributed by atoms with Crippen LogP contribution >= 0.6 is 23.2 Å². The van der Waals surface area contributed by atoms with Crippen molar-refractivity contribution in [2.24, 2.45) is 5.10 Å². The first kappa shape index (κ1) is 20.4. The summed E-state index contributed by atoms with van der Waals surface area (Å²) in [5.74, 6) is 0.925. The van der Waals surface area contributed by atoms with Gasteiger partial charge in [0.1, 0.15) is 11.5 Å². The number of benzene rings is 2. The van der Waals surface area contributed by atoms with Crippen molar-refractivity contribution in [1.82, 2.24) is 10.7 Å². The molecular formula is C19H14Cl2N4O4. The number of halogens is 2. The molecule has 0 atom stereocenters. The number of urea groups is 1. The van der Waals surface area contributed by atoms with Crippen molar-refractivity contribution in [2.45, 2.75) is 6.54 Å². The van der Waals surface area contributed by atoms with Crippen LogP contribution < -0.4 is 10.7 Å². The van der Waals surface area contributed by atoms with E-state index in [1.54, 1.807) is 42.5 Å². The minimum Gasteiger partial charge on any atom is -0.455 e. The monoisotopic (exact) mass is 432 g/mol. The van der Waals surface area contributed by atoms with Crippen LogP contribution in [0, 0.1) is 10.1 Å². The van der Waals surface area contributed by atoms with Crippen LogP contribution in [0.5, 0.6) is 0 Å². The fourth-order valence-electron chi connectivity index (χ4n) is 2.35. The van der Waals surface area contributed by atoms with Gasteiger partial charge in [-0.1, -0.05) is 29.3 Å². The van der Waals surface area contributed by atoms with Gasteiger partial charge in [0.2, 0.25) is 0 Å². The first-order chi connectivity index (χ1) is 13.9. The maximum atomic E-state index is 11.8. The highest BCUT2D eigenvalue weighted by atomic mass is 35.5. The molecule has 0 aliphatic carbocycles. The highest BCUT2D eigenvalue weighted by Gasteiger charge is 2.08. The first-order valence-electron chi connectivity index (χ1n) is 8.28. The largest absolute Gasteiger partial charge is 0.455 e. The predicted molar refractivity (Wildman–Crippen MR) is 110 cm³/mol. The zero-order chi connectivity index (χ0) is 20.8. The third kappa shape index (κ3) is 5.56. The van der Waals surface area contributed by atoms with E-state index in [1.165, 1.54) is 18.3 Å². The summed E-state index contributed by atoms with van der Waals surface area (Å²) in [6.07, 6.45) is 1.34. The smallest absolute Gasteiger partial charge is 0.335 e. The molecule has 148 valence electrons. The van der Waals surface area contributed by atoms with E-state index in [4.69, 9.17) is 27.6 Å². The number of nitrogens with one attached hydrogen (secondary N) is 2. The highest BCUT2D eigenvalue weighted by Crippen LogP contribution is 2.24. The van der Waals surface area contributed by atoms with E-state index in [2.05, 4.69) is 15.8 Å². The molecule has 0 saturated heterocycles. The van der Waals surface area contributed by atoms with Gasteiger partial charge in [0.05, 0.1) is 21.2 Å². The molecule has 10 heteroatoms. The van der Waals surface area contributed by atoms with Crippen LogP contribution in [0.15, 0.2) is 64.1 Å². The number of non-ortho nitro benzene ring substituents is 1. The van der Waals surface area contributed by atoms with Crippen molar-refractivity contribution in [2.75, 3.05) is 0 Å². The van der Waals surface area contributed by atoms with Crippen molar-refractivity contribution < 1.29 is 14.1 Å². The second-order valence-electron chi connectivity index (χ2n) is 5.81. The number of hydrazone groups is 1. The number of hydrogen-bond acceptors (Lipinski definition) is 5. The first-order valence-corrected chi connectivity index (χ1v) is 9.03. The average molecular weight is 433 g/mol. The normalized spacial score (nSPS) is 10.8. The quantitative estimate of drug-likeness (QED) is 0.324. The molecule has 2 aromatic carbocycles. The van der Waals surface area contributed by atoms with Crippen molar-refractivity contribution in [3.63, 3.8) is 0 Å². The molecule has 0 bridgehead atoms. The van der Waals surface area contributed by atoms with Gasteiger partial charge >= 0.3 is 6.03 Å². The summed E-state index contributed by atoms with van der Waals surface area (Å²) in [6, 6.07) is 13.9. The number of nitrogens with zero attached hydrogens (tertiary/aromatic N) is 2. The van der Waals surface area contributed by atoms with Gasteiger partial charge in [-0.15, -0.1) is 0 Å². The van der Waals surface area contributed by atoms with E-state index in [-0.39, 0.29) is 12.2 Å². The fraction of sp³-hybridized carbons (Fsp3) is 0.0526. The van der Waals surface area contributed by atoms with Crippen molar-refractivity contribution in [1.29, 1.82) is 0 Å². The molecule has 0 unspecified atom stereocenters. The standard InChI is InChI=1S/C19H14Cl2N4O4/c20-16-7-1-12(9-17(16)21)10-22-19(26)24-23-11-15-6-8-18(29-15)13-2-4-14(5-3-13)25(27)28/h1-9,11H,10H2,(H2,22,24,26)/b23-11+. The van der Waals surface area contributed by atoms with Gasteiger partial charge in [-0.3, -0.25) is 10.1 Å². The molecule has 1 heterocycles. The number of hydrogen-bond donors (Lipinski definition) is 2. The lowest BCUT2D eigenvalue weighted by atomic mass is 10.1. The highest BCUT2D eigenvalue weighted by molar-refractivity contribution is 6.42. The Labute approximate surface area is 175 Å². The molecule has 8 nitrogen and oxygen atoms in total. The lowest BCUT2D eigenvalue weighted by Crippen LogP contribution is -2.31. The van der Waals surface area contributed by atoms with E-state index < -0.39 is 11.0 Å². The van der Waals surface area contributed by atoms with E-state index in [0.717, 1.165) is 5.56 Å². The average Bonchev–Trinajstić information content (AvgIpc) is 3.18. The molecule has 0 spiro atoms. The van der Waals surface area contributed by atoms with Gasteiger partial charge in [-0.2, -0.15) is 5.10 Å². The number of nitro benzene ring substituents is 1. The molecule has 3 rings (SSSR count). The van der Waals surface area contributed by atoms with Crippen LogP contribution in [0.2, 0.25) is 10.0 Å². The second kappa shape index (κ2) is 9.22. The summed E-state index contributed by atoms with van der Waals surface area (Å²) in [7, 11) is 0. The Kier molecular flexibility index (Phi) is 6.48. The van der Waals surface area contributed by atoms with Crippen LogP contribution in [-0.4, -0.2) is 17.2 Å². The molecule has 0 radical (unpaired) electrons. The molecule has 2 N–H and O–H groups in total. The summed E-state index contributed by atoms with van der Waals surface area (Å²) in [5.41, 5.74) is 3.79. The zero-order valence-electron chi connectivity index (χ0n) is 14.8. The Hall–Kier alpha value is -3.36. The number of carbonyl (C=O) groups excluding carboxylic acids is 1. The fourth-order valence-corrected chi connectivity index (χ4v) is 2.67. The predicted octanol–water partition coefficient (Wildman–Crippen LogP) is 4.99. The molecule has 29 heavy (non-hydrogen) atoms. The number of furan rings is 1. The second-order valence-corrected chi connectivity index (χ2v) is 6.62. The summed E-state index contributed by atoms with van der Waals surface area (Å²) < 4.78 is 5.59. The Bertz CT molecular complexity index is 1060. The molecule has 0 aliphatic heterocycles. The van der Waals surface area contributed by atoms with Crippen LogP contribution in [-0.2, 0) is 6.54 Å². The van der Waals surface area contributed by atoms with Gasteiger partial charge in [-0.25, -0.2) is 10.2 Å². The van der Waals surface area contributed by atoms with Gasteiger partial charge in [0.25, 0.3) is 5.69 Å². The van der Waals surface area contributed by atoms with Crippen LogP contribution in [0.1, 0.15) is 11.3 Å². The lowest BCUT2D eigenvalue weighted by Gasteiger charge is -2.05. The number of carbonyl (C=O) groups is 1. The summed E-state index contributed by atoms with van der Waals surface area (Å²) in [4.78, 5) is 22.0. The maximum Gasteiger partial charge on any atom is 0.335 e. The Morgan fingerprint density at radius 1 is 1.10 bits per heavy atom. The number of rotatable bonds is 6. The van der Waals surface area contributed by atoms with Crippen molar-refractivity contribution >= 4 is 41.1 Å². The number of amides is 2. The van der Waals surface area contributed by atoms with E-state index >= 15 is 0 Å². The molecule has 1 aromatic heterocycles. The zero-order valence-corrected chi connectivity index (χ0v) is 16.3. The van der Waals surface area contributed by atoms with Gasteiger partial charge in [-0.05, 0) is 42.0 Å². The minimum absolute atomic E-state index is 0.00169. The molecule has 3 aromatic rings. The van der Waals surface area contributed by atoms with E-state index in [9.17, 15) is 14.9 Å². The third-order valence-electron chi connectivity index (χ3n) is 3.78. The summed E-state index contributed by atoms with van der Waals surface area (Å²) in [6.45, 7) is 0.253. The molecular weight excluding hydrogens is 419 g/mol. The summed E-state index contributed by atoms with van der Waals surface area (Å²) >= 11 is 11.8. The van der Waals surface area contributed by atoms with E-state index in [1.807, 2.05) is 0 Å². The van der Waals surface area contributed by atoms with Gasteiger partial charge in [0, 0.05) is 24.2 Å². The van der Waals surface area contributed by atoms with Crippen LogP contribution in [0.4, 0.5) is 10.5 Å². The SMILES string of the molecule is O=C(NCc1ccc(Cl)c(Cl)c1)N/N=C/c1ccc(-c2ccc([N+](=O)[O-])cc2)o1. The molecule has 2 amide bonds.